The Labute approximate surface area is 74.8 Å². The van der Waals surface area contributed by atoms with Gasteiger partial charge in [-0.2, -0.15) is 0 Å². The molecule has 0 amide bonds. The second-order valence-electron chi connectivity index (χ2n) is 4.20. The van der Waals surface area contributed by atoms with Crippen LogP contribution in [-0.4, -0.2) is 25.0 Å². The zero-order valence-corrected chi connectivity index (χ0v) is 7.79. The van der Waals surface area contributed by atoms with Crippen LogP contribution in [0.2, 0.25) is 0 Å². The average molecular weight is 163 g/mol. The van der Waals surface area contributed by atoms with Crippen molar-refractivity contribution in [3.05, 3.63) is 24.3 Å². The number of piperidine rings is 1. The van der Waals surface area contributed by atoms with E-state index in [0.717, 1.165) is 0 Å². The minimum absolute atomic E-state index is 0.488. The number of allylic oxidation sites excluding steroid dienone is 3. The molecule has 1 aliphatic carbocycles. The maximum absolute atomic E-state index is 2.45. The van der Waals surface area contributed by atoms with Crippen LogP contribution in [0.15, 0.2) is 24.3 Å². The normalized spacial score (nSPS) is 36.1. The highest BCUT2D eigenvalue weighted by molar-refractivity contribution is 5.17. The molecule has 0 bridgehead atoms. The molecule has 12 heavy (non-hydrogen) atoms. The second kappa shape index (κ2) is 3.06. The second-order valence-corrected chi connectivity index (χ2v) is 4.20. The van der Waals surface area contributed by atoms with Gasteiger partial charge in [-0.05, 0) is 32.9 Å². The lowest BCUT2D eigenvalue weighted by Crippen LogP contribution is -2.40. The van der Waals surface area contributed by atoms with Crippen molar-refractivity contribution in [2.24, 2.45) is 5.41 Å². The van der Waals surface area contributed by atoms with E-state index in [4.69, 9.17) is 0 Å². The molecule has 2 aliphatic rings. The van der Waals surface area contributed by atoms with Crippen LogP contribution in [0.25, 0.3) is 0 Å². The first-order chi connectivity index (χ1) is 5.81. The lowest BCUT2D eigenvalue weighted by molar-refractivity contribution is 0.152. The maximum atomic E-state index is 2.45. The Hall–Kier alpha value is -0.560. The molecule has 1 unspecified atom stereocenters. The predicted molar refractivity (Wildman–Crippen MR) is 52.1 cm³/mol. The van der Waals surface area contributed by atoms with Crippen molar-refractivity contribution in [3.63, 3.8) is 0 Å². The first-order valence-corrected chi connectivity index (χ1v) is 4.84. The van der Waals surface area contributed by atoms with Crippen molar-refractivity contribution >= 4 is 0 Å². The summed E-state index contributed by atoms with van der Waals surface area (Å²) >= 11 is 0. The number of rotatable bonds is 0. The Balaban J connectivity index is 2.09. The van der Waals surface area contributed by atoms with Crippen LogP contribution in [0.4, 0.5) is 0 Å². The molecule has 0 aromatic carbocycles. The molecule has 1 spiro atoms. The van der Waals surface area contributed by atoms with Crippen LogP contribution >= 0.6 is 0 Å². The highest BCUT2D eigenvalue weighted by atomic mass is 15.1. The molecule has 66 valence electrons. The summed E-state index contributed by atoms with van der Waals surface area (Å²) in [7, 11) is 2.23. The quantitative estimate of drug-likeness (QED) is 0.529. The van der Waals surface area contributed by atoms with Crippen molar-refractivity contribution in [2.75, 3.05) is 20.1 Å². The van der Waals surface area contributed by atoms with Crippen molar-refractivity contribution in [3.8, 4) is 0 Å². The number of hydrogen-bond donors (Lipinski definition) is 0. The standard InChI is InChI=1S/C11H17N/c1-12-9-5-8-11(10-12)6-3-2-4-7-11/h2-4,6H,5,7-10H2,1H3. The van der Waals surface area contributed by atoms with Crippen LogP contribution in [0.1, 0.15) is 19.3 Å². The summed E-state index contributed by atoms with van der Waals surface area (Å²) in [6.45, 7) is 2.52. The van der Waals surface area contributed by atoms with Crippen molar-refractivity contribution in [2.45, 2.75) is 19.3 Å². The summed E-state index contributed by atoms with van der Waals surface area (Å²) in [6, 6.07) is 0. The van der Waals surface area contributed by atoms with E-state index in [9.17, 15) is 0 Å². The number of likely N-dealkylation sites (tertiary alicyclic amines) is 1. The van der Waals surface area contributed by atoms with E-state index in [-0.39, 0.29) is 0 Å². The molecule has 0 aromatic rings. The molecule has 1 heterocycles. The van der Waals surface area contributed by atoms with Crippen LogP contribution in [0.5, 0.6) is 0 Å². The van der Waals surface area contributed by atoms with E-state index >= 15 is 0 Å². The molecule has 1 atom stereocenters. The minimum Gasteiger partial charge on any atom is -0.305 e. The average Bonchev–Trinajstić information content (AvgIpc) is 2.05. The monoisotopic (exact) mass is 163 g/mol. The van der Waals surface area contributed by atoms with E-state index in [1.807, 2.05) is 0 Å². The third-order valence-corrected chi connectivity index (χ3v) is 3.02. The summed E-state index contributed by atoms with van der Waals surface area (Å²) in [5.74, 6) is 0. The van der Waals surface area contributed by atoms with Crippen LogP contribution in [0.3, 0.4) is 0 Å². The third kappa shape index (κ3) is 1.46. The zero-order valence-electron chi connectivity index (χ0n) is 7.79. The van der Waals surface area contributed by atoms with Gasteiger partial charge in [0.05, 0.1) is 0 Å². The van der Waals surface area contributed by atoms with Crippen molar-refractivity contribution in [1.82, 2.24) is 4.90 Å². The largest absolute Gasteiger partial charge is 0.305 e. The Morgan fingerprint density at radius 1 is 1.33 bits per heavy atom. The van der Waals surface area contributed by atoms with E-state index in [0.29, 0.717) is 5.41 Å². The fraction of sp³-hybridized carbons (Fsp3) is 0.636. The first-order valence-electron chi connectivity index (χ1n) is 4.84. The van der Waals surface area contributed by atoms with Crippen molar-refractivity contribution in [1.29, 1.82) is 0 Å². The molecule has 0 radical (unpaired) electrons. The Morgan fingerprint density at radius 3 is 2.92 bits per heavy atom. The Kier molecular flexibility index (Phi) is 2.05. The van der Waals surface area contributed by atoms with Gasteiger partial charge in [-0.1, -0.05) is 24.3 Å². The summed E-state index contributed by atoms with van der Waals surface area (Å²) in [5, 5.41) is 0. The molecule has 1 aliphatic heterocycles. The number of nitrogens with zero attached hydrogens (tertiary/aromatic N) is 1. The summed E-state index contributed by atoms with van der Waals surface area (Å²) < 4.78 is 0. The molecular formula is C11H17N. The van der Waals surface area contributed by atoms with Gasteiger partial charge >= 0.3 is 0 Å². The highest BCUT2D eigenvalue weighted by Crippen LogP contribution is 2.36. The van der Waals surface area contributed by atoms with E-state index < -0.39 is 0 Å². The highest BCUT2D eigenvalue weighted by Gasteiger charge is 2.31. The van der Waals surface area contributed by atoms with Crippen molar-refractivity contribution < 1.29 is 0 Å². The third-order valence-electron chi connectivity index (χ3n) is 3.02. The smallest absolute Gasteiger partial charge is 0.00727 e. The van der Waals surface area contributed by atoms with Gasteiger partial charge in [0, 0.05) is 12.0 Å². The fourth-order valence-corrected chi connectivity index (χ4v) is 2.41. The van der Waals surface area contributed by atoms with Gasteiger partial charge in [-0.3, -0.25) is 0 Å². The molecule has 0 aromatic heterocycles. The van der Waals surface area contributed by atoms with Gasteiger partial charge in [0.25, 0.3) is 0 Å². The van der Waals surface area contributed by atoms with Gasteiger partial charge in [0.2, 0.25) is 0 Å². The predicted octanol–water partition coefficient (Wildman–Crippen LogP) is 2.21. The maximum Gasteiger partial charge on any atom is 0.00727 e. The zero-order chi connectivity index (χ0) is 8.44. The molecular weight excluding hydrogens is 146 g/mol. The summed E-state index contributed by atoms with van der Waals surface area (Å²) in [4.78, 5) is 2.45. The molecule has 1 nitrogen and oxygen atoms in total. The van der Waals surface area contributed by atoms with Crippen LogP contribution in [0, 0.1) is 5.41 Å². The number of hydrogen-bond acceptors (Lipinski definition) is 1. The molecule has 0 N–H and O–H groups in total. The van der Waals surface area contributed by atoms with E-state index in [1.54, 1.807) is 0 Å². The summed E-state index contributed by atoms with van der Waals surface area (Å²) in [5.41, 5.74) is 0.488. The molecule has 0 saturated carbocycles. The van der Waals surface area contributed by atoms with E-state index in [2.05, 4.69) is 36.3 Å². The fourth-order valence-electron chi connectivity index (χ4n) is 2.41. The molecule has 1 fully saturated rings. The SMILES string of the molecule is CN1CCCC2(C=CC=CC2)C1. The van der Waals surface area contributed by atoms with Gasteiger partial charge in [-0.15, -0.1) is 0 Å². The van der Waals surface area contributed by atoms with Gasteiger partial charge in [0.15, 0.2) is 0 Å². The lowest BCUT2D eigenvalue weighted by Gasteiger charge is -2.39. The topological polar surface area (TPSA) is 3.24 Å². The van der Waals surface area contributed by atoms with Gasteiger partial charge in [-0.25, -0.2) is 0 Å². The van der Waals surface area contributed by atoms with Crippen LogP contribution < -0.4 is 0 Å². The van der Waals surface area contributed by atoms with Gasteiger partial charge in [0.1, 0.15) is 0 Å². The van der Waals surface area contributed by atoms with Crippen LogP contribution in [-0.2, 0) is 0 Å². The van der Waals surface area contributed by atoms with Gasteiger partial charge < -0.3 is 4.90 Å². The molecule has 2 rings (SSSR count). The Morgan fingerprint density at radius 2 is 2.25 bits per heavy atom. The summed E-state index contributed by atoms with van der Waals surface area (Å²) in [6.07, 6.45) is 13.1. The van der Waals surface area contributed by atoms with E-state index in [1.165, 1.54) is 32.4 Å². The molecule has 1 heteroatoms. The molecule has 1 saturated heterocycles. The first kappa shape index (κ1) is 8.06. The lowest BCUT2D eigenvalue weighted by atomic mass is 9.75. The minimum atomic E-state index is 0.488. The Bertz CT molecular complexity index is 217.